The minimum absolute atomic E-state index is 0.114. The molecule has 2 aliphatic rings. The molecule has 26 heavy (non-hydrogen) atoms. The molecule has 2 fully saturated rings. The second kappa shape index (κ2) is 7.61. The molecule has 2 saturated heterocycles. The van der Waals surface area contributed by atoms with Crippen LogP contribution in [0.15, 0.2) is 18.3 Å². The number of carbonyl (C=O) groups excluding carboxylic acids is 2. The molecule has 2 N–H and O–H groups in total. The Morgan fingerprint density at radius 2 is 2.15 bits per heavy atom. The SMILES string of the molecule is CN(C)CCN1CC2(CCCN(c3cc(C(N)=O)ccn3)C2)CCC1=O. The first kappa shape index (κ1) is 18.6. The van der Waals surface area contributed by atoms with Crippen LogP contribution in [0.2, 0.25) is 0 Å². The highest BCUT2D eigenvalue weighted by atomic mass is 16.2. The fraction of sp³-hybridized carbons (Fsp3) is 0.632. The molecular weight excluding hydrogens is 330 g/mol. The fourth-order valence-electron chi connectivity index (χ4n) is 4.11. The Morgan fingerprint density at radius 1 is 1.35 bits per heavy atom. The lowest BCUT2D eigenvalue weighted by Crippen LogP contribution is -2.55. The number of nitrogens with two attached hydrogens (primary N) is 1. The van der Waals surface area contributed by atoms with Crippen molar-refractivity contribution in [1.29, 1.82) is 0 Å². The maximum absolute atomic E-state index is 12.3. The van der Waals surface area contributed by atoms with Crippen molar-refractivity contribution in [3.8, 4) is 0 Å². The lowest BCUT2D eigenvalue weighted by molar-refractivity contribution is -0.138. The van der Waals surface area contributed by atoms with E-state index < -0.39 is 5.91 Å². The lowest BCUT2D eigenvalue weighted by atomic mass is 9.73. The van der Waals surface area contributed by atoms with Crippen molar-refractivity contribution in [2.75, 3.05) is 51.7 Å². The van der Waals surface area contributed by atoms with Crippen LogP contribution in [-0.2, 0) is 4.79 Å². The van der Waals surface area contributed by atoms with Crippen LogP contribution in [0.25, 0.3) is 0 Å². The topological polar surface area (TPSA) is 82.8 Å². The number of nitrogens with zero attached hydrogens (tertiary/aromatic N) is 4. The van der Waals surface area contributed by atoms with E-state index in [0.29, 0.717) is 12.0 Å². The molecular formula is C19H29N5O2. The number of likely N-dealkylation sites (tertiary alicyclic amines) is 1. The molecule has 3 rings (SSSR count). The molecule has 1 aromatic heterocycles. The van der Waals surface area contributed by atoms with Gasteiger partial charge in [0, 0.05) is 56.3 Å². The van der Waals surface area contributed by atoms with E-state index in [4.69, 9.17) is 5.73 Å². The van der Waals surface area contributed by atoms with Gasteiger partial charge in [-0.15, -0.1) is 0 Å². The Hall–Kier alpha value is -2.15. The third kappa shape index (κ3) is 4.15. The Labute approximate surface area is 155 Å². The molecule has 142 valence electrons. The summed E-state index contributed by atoms with van der Waals surface area (Å²) < 4.78 is 0. The van der Waals surface area contributed by atoms with Gasteiger partial charge in [0.2, 0.25) is 11.8 Å². The van der Waals surface area contributed by atoms with E-state index in [2.05, 4.69) is 14.8 Å². The second-order valence-corrected chi connectivity index (χ2v) is 7.91. The van der Waals surface area contributed by atoms with E-state index in [-0.39, 0.29) is 11.3 Å². The number of carbonyl (C=O) groups is 2. The van der Waals surface area contributed by atoms with Crippen molar-refractivity contribution >= 4 is 17.6 Å². The number of pyridine rings is 1. The van der Waals surface area contributed by atoms with Gasteiger partial charge in [-0.25, -0.2) is 4.98 Å². The third-order valence-corrected chi connectivity index (χ3v) is 5.58. The molecule has 1 unspecified atom stereocenters. The first-order valence-corrected chi connectivity index (χ1v) is 9.32. The molecule has 0 saturated carbocycles. The Kier molecular flexibility index (Phi) is 5.46. The maximum Gasteiger partial charge on any atom is 0.248 e. The highest BCUT2D eigenvalue weighted by Crippen LogP contribution is 2.39. The Bertz CT molecular complexity index is 678. The number of rotatable bonds is 5. The zero-order valence-electron chi connectivity index (χ0n) is 15.8. The summed E-state index contributed by atoms with van der Waals surface area (Å²) >= 11 is 0. The summed E-state index contributed by atoms with van der Waals surface area (Å²) in [6.07, 6.45) is 5.39. The van der Waals surface area contributed by atoms with Gasteiger partial charge in [-0.2, -0.15) is 0 Å². The number of piperidine rings is 2. The summed E-state index contributed by atoms with van der Waals surface area (Å²) in [6.45, 7) is 4.26. The van der Waals surface area contributed by atoms with Crippen LogP contribution >= 0.6 is 0 Å². The molecule has 1 aromatic rings. The molecule has 2 amide bonds. The predicted molar refractivity (Wildman–Crippen MR) is 101 cm³/mol. The number of aromatic nitrogens is 1. The maximum atomic E-state index is 12.3. The summed E-state index contributed by atoms with van der Waals surface area (Å²) in [6, 6.07) is 3.42. The van der Waals surface area contributed by atoms with Crippen LogP contribution in [-0.4, -0.2) is 73.4 Å². The van der Waals surface area contributed by atoms with Crippen LogP contribution in [0.4, 0.5) is 5.82 Å². The van der Waals surface area contributed by atoms with Gasteiger partial charge in [0.1, 0.15) is 5.82 Å². The Balaban J connectivity index is 1.73. The standard InChI is InChI=1S/C19H29N5O2/c1-22(2)10-11-24-14-19(7-4-17(24)25)6-3-9-23(13-19)16-12-15(18(20)26)5-8-21-16/h5,8,12H,3-4,6-7,9-11,13-14H2,1-2H3,(H2,20,26). The summed E-state index contributed by atoms with van der Waals surface area (Å²) in [5, 5.41) is 0. The summed E-state index contributed by atoms with van der Waals surface area (Å²) in [5.74, 6) is 0.638. The number of hydrogen-bond acceptors (Lipinski definition) is 5. The van der Waals surface area contributed by atoms with Gasteiger partial charge in [-0.05, 0) is 45.5 Å². The molecule has 1 atom stereocenters. The normalized spacial score (nSPS) is 23.7. The molecule has 7 nitrogen and oxygen atoms in total. The largest absolute Gasteiger partial charge is 0.366 e. The van der Waals surface area contributed by atoms with Crippen LogP contribution in [0.5, 0.6) is 0 Å². The summed E-state index contributed by atoms with van der Waals surface area (Å²) in [5.41, 5.74) is 6.01. The molecule has 0 radical (unpaired) electrons. The van der Waals surface area contributed by atoms with Crippen molar-refractivity contribution in [2.45, 2.75) is 25.7 Å². The number of primary amides is 1. The van der Waals surface area contributed by atoms with Crippen LogP contribution in [0.1, 0.15) is 36.0 Å². The molecule has 7 heteroatoms. The van der Waals surface area contributed by atoms with E-state index in [1.165, 1.54) is 0 Å². The van der Waals surface area contributed by atoms with E-state index in [1.54, 1.807) is 18.3 Å². The van der Waals surface area contributed by atoms with E-state index in [0.717, 1.165) is 57.8 Å². The molecule has 0 bridgehead atoms. The molecule has 0 aromatic carbocycles. The highest BCUT2D eigenvalue weighted by Gasteiger charge is 2.41. The van der Waals surface area contributed by atoms with E-state index in [1.807, 2.05) is 19.0 Å². The van der Waals surface area contributed by atoms with Gasteiger partial charge in [-0.1, -0.05) is 0 Å². The lowest BCUT2D eigenvalue weighted by Gasteiger charge is -2.48. The average molecular weight is 359 g/mol. The second-order valence-electron chi connectivity index (χ2n) is 7.91. The number of amides is 2. The first-order chi connectivity index (χ1) is 12.4. The Morgan fingerprint density at radius 3 is 2.88 bits per heavy atom. The van der Waals surface area contributed by atoms with Gasteiger partial charge in [0.25, 0.3) is 0 Å². The van der Waals surface area contributed by atoms with Gasteiger partial charge >= 0.3 is 0 Å². The third-order valence-electron chi connectivity index (χ3n) is 5.58. The predicted octanol–water partition coefficient (Wildman–Crippen LogP) is 0.951. The zero-order chi connectivity index (χ0) is 18.7. The quantitative estimate of drug-likeness (QED) is 0.846. The van der Waals surface area contributed by atoms with E-state index >= 15 is 0 Å². The summed E-state index contributed by atoms with van der Waals surface area (Å²) in [7, 11) is 4.06. The van der Waals surface area contributed by atoms with Gasteiger partial charge in [0.05, 0.1) is 0 Å². The minimum Gasteiger partial charge on any atom is -0.366 e. The minimum atomic E-state index is -0.432. The monoisotopic (exact) mass is 359 g/mol. The van der Waals surface area contributed by atoms with Crippen molar-refractivity contribution in [2.24, 2.45) is 11.1 Å². The summed E-state index contributed by atoms with van der Waals surface area (Å²) in [4.78, 5) is 34.6. The van der Waals surface area contributed by atoms with Crippen molar-refractivity contribution in [3.63, 3.8) is 0 Å². The van der Waals surface area contributed by atoms with Crippen molar-refractivity contribution < 1.29 is 9.59 Å². The highest BCUT2D eigenvalue weighted by molar-refractivity contribution is 5.93. The number of likely N-dealkylation sites (N-methyl/N-ethyl adjacent to an activating group) is 1. The van der Waals surface area contributed by atoms with Crippen LogP contribution in [0, 0.1) is 5.41 Å². The first-order valence-electron chi connectivity index (χ1n) is 9.32. The van der Waals surface area contributed by atoms with Crippen molar-refractivity contribution in [3.05, 3.63) is 23.9 Å². The molecule has 3 heterocycles. The fourth-order valence-corrected chi connectivity index (χ4v) is 4.11. The molecule has 2 aliphatic heterocycles. The van der Waals surface area contributed by atoms with Crippen molar-refractivity contribution in [1.82, 2.24) is 14.8 Å². The smallest absolute Gasteiger partial charge is 0.248 e. The van der Waals surface area contributed by atoms with Crippen LogP contribution < -0.4 is 10.6 Å². The molecule has 0 aliphatic carbocycles. The van der Waals surface area contributed by atoms with Gasteiger partial charge < -0.3 is 20.4 Å². The van der Waals surface area contributed by atoms with Crippen LogP contribution in [0.3, 0.4) is 0 Å². The molecule has 1 spiro atoms. The number of hydrogen-bond donors (Lipinski definition) is 1. The zero-order valence-corrected chi connectivity index (χ0v) is 15.8. The number of anilines is 1. The van der Waals surface area contributed by atoms with Gasteiger partial charge in [-0.3, -0.25) is 9.59 Å². The van der Waals surface area contributed by atoms with Gasteiger partial charge in [0.15, 0.2) is 0 Å². The average Bonchev–Trinajstić information content (AvgIpc) is 2.63. The van der Waals surface area contributed by atoms with E-state index in [9.17, 15) is 9.59 Å².